The van der Waals surface area contributed by atoms with Gasteiger partial charge in [0.2, 0.25) is 0 Å². The highest BCUT2D eigenvalue weighted by Crippen LogP contribution is 2.35. The smallest absolute Gasteiger partial charge is 0.328 e. The number of halogens is 1. The zero-order valence-electron chi connectivity index (χ0n) is 16.8. The van der Waals surface area contributed by atoms with Crippen molar-refractivity contribution in [2.24, 2.45) is 0 Å². The molecule has 0 aliphatic carbocycles. The molecule has 0 aliphatic rings. The molecule has 1 aromatic heterocycles. The highest BCUT2D eigenvalue weighted by molar-refractivity contribution is 6.00. The molecule has 3 aromatic carbocycles. The van der Waals surface area contributed by atoms with Crippen molar-refractivity contribution >= 4 is 34.1 Å². The maximum absolute atomic E-state index is 13.7. The third-order valence-electron chi connectivity index (χ3n) is 5.12. The highest BCUT2D eigenvalue weighted by atomic mass is 19.1. The largest absolute Gasteiger partial charge is 0.478 e. The first-order valence-corrected chi connectivity index (χ1v) is 9.95. The van der Waals surface area contributed by atoms with Gasteiger partial charge in [-0.25, -0.2) is 4.79 Å². The number of aromatic amines is 1. The fourth-order valence-corrected chi connectivity index (χ4v) is 3.69. The number of hydrogen-bond donors (Lipinski definition) is 2. The molecule has 0 saturated heterocycles. The van der Waals surface area contributed by atoms with Gasteiger partial charge in [0, 0.05) is 17.9 Å². The Labute approximate surface area is 179 Å². The van der Waals surface area contributed by atoms with Crippen molar-refractivity contribution in [3.8, 4) is 0 Å². The first-order valence-electron chi connectivity index (χ1n) is 9.95. The van der Waals surface area contributed by atoms with Gasteiger partial charge in [-0.15, -0.1) is 0 Å². The van der Waals surface area contributed by atoms with Gasteiger partial charge < -0.3 is 5.11 Å². The lowest BCUT2D eigenvalue weighted by Crippen LogP contribution is -1.97. The molecular weight excluding hydrogens is 391 g/mol. The molecule has 0 spiro atoms. The predicted octanol–water partition coefficient (Wildman–Crippen LogP) is 5.98. The van der Waals surface area contributed by atoms with Crippen LogP contribution in [0.4, 0.5) is 4.39 Å². The van der Waals surface area contributed by atoms with Gasteiger partial charge in [0.05, 0.1) is 18.4 Å². The Balaban J connectivity index is 1.91. The molecule has 0 amide bonds. The number of nitrogens with zero attached hydrogens (tertiary/aromatic N) is 1. The Morgan fingerprint density at radius 2 is 1.71 bits per heavy atom. The number of rotatable bonds is 7. The Morgan fingerprint density at radius 3 is 2.42 bits per heavy atom. The molecule has 5 heteroatoms. The van der Waals surface area contributed by atoms with Crippen LogP contribution in [0.3, 0.4) is 0 Å². The van der Waals surface area contributed by atoms with Gasteiger partial charge in [0.1, 0.15) is 0 Å². The molecule has 0 unspecified atom stereocenters. The fourth-order valence-electron chi connectivity index (χ4n) is 3.69. The number of carboxylic acid groups (broad SMARTS) is 1. The average molecular weight is 412 g/mol. The van der Waals surface area contributed by atoms with Crippen molar-refractivity contribution in [2.45, 2.75) is 6.42 Å². The van der Waals surface area contributed by atoms with Crippen LogP contribution in [0.5, 0.6) is 0 Å². The lowest BCUT2D eigenvalue weighted by molar-refractivity contribution is -0.131. The van der Waals surface area contributed by atoms with Crippen LogP contribution in [0.25, 0.3) is 28.1 Å². The number of alkyl halides is 1. The Bertz CT molecular complexity index is 1260. The summed E-state index contributed by atoms with van der Waals surface area (Å²) in [5, 5.41) is 16.9. The van der Waals surface area contributed by atoms with E-state index in [4.69, 9.17) is 5.11 Å². The minimum atomic E-state index is -0.993. The van der Waals surface area contributed by atoms with Crippen LogP contribution in [0.2, 0.25) is 0 Å². The summed E-state index contributed by atoms with van der Waals surface area (Å²) in [4.78, 5) is 10.8. The minimum absolute atomic E-state index is 0.281. The predicted molar refractivity (Wildman–Crippen MR) is 122 cm³/mol. The van der Waals surface area contributed by atoms with E-state index in [1.807, 2.05) is 72.8 Å². The van der Waals surface area contributed by atoms with E-state index in [-0.39, 0.29) is 6.42 Å². The van der Waals surface area contributed by atoms with Gasteiger partial charge in [-0.2, -0.15) is 5.10 Å². The fraction of sp³-hybridized carbons (Fsp3) is 0.0769. The molecule has 4 aromatic rings. The van der Waals surface area contributed by atoms with Crippen LogP contribution < -0.4 is 0 Å². The first-order chi connectivity index (χ1) is 15.2. The molecule has 0 aliphatic heterocycles. The molecule has 154 valence electrons. The zero-order chi connectivity index (χ0) is 21.6. The number of carbonyl (C=O) groups is 1. The van der Waals surface area contributed by atoms with Gasteiger partial charge in [0.25, 0.3) is 0 Å². The maximum Gasteiger partial charge on any atom is 0.328 e. The SMILES string of the molecule is O=C(O)/C=C/c1ccc(/C(=C(/CCF)c2ccccc2)c2ccc3[nH]ncc3c2)cc1. The van der Waals surface area contributed by atoms with Crippen molar-refractivity contribution in [1.29, 1.82) is 0 Å². The maximum atomic E-state index is 13.7. The highest BCUT2D eigenvalue weighted by Gasteiger charge is 2.15. The number of aliphatic carboxylic acids is 1. The number of fused-ring (bicyclic) bond motifs is 1. The van der Waals surface area contributed by atoms with Crippen LogP contribution in [0.15, 0.2) is 85.1 Å². The van der Waals surface area contributed by atoms with E-state index in [0.29, 0.717) is 0 Å². The van der Waals surface area contributed by atoms with Crippen LogP contribution >= 0.6 is 0 Å². The van der Waals surface area contributed by atoms with E-state index >= 15 is 0 Å². The molecule has 0 fully saturated rings. The van der Waals surface area contributed by atoms with Crippen molar-refractivity contribution < 1.29 is 14.3 Å². The summed E-state index contributed by atoms with van der Waals surface area (Å²) in [5.74, 6) is -0.993. The molecular formula is C26H21FN2O2. The number of carboxylic acids is 1. The number of allylic oxidation sites excluding steroid dienone is 1. The quantitative estimate of drug-likeness (QED) is 0.290. The second kappa shape index (κ2) is 9.22. The number of benzene rings is 3. The topological polar surface area (TPSA) is 66.0 Å². The number of H-pyrrole nitrogens is 1. The first kappa shape index (κ1) is 20.3. The van der Waals surface area contributed by atoms with Crippen molar-refractivity contribution in [1.82, 2.24) is 10.2 Å². The summed E-state index contributed by atoms with van der Waals surface area (Å²) in [6, 6.07) is 23.5. The van der Waals surface area contributed by atoms with E-state index < -0.39 is 12.6 Å². The summed E-state index contributed by atoms with van der Waals surface area (Å²) in [6.07, 6.45) is 4.71. The van der Waals surface area contributed by atoms with E-state index in [2.05, 4.69) is 10.2 Å². The summed E-state index contributed by atoms with van der Waals surface area (Å²) in [5.41, 5.74) is 6.45. The normalized spacial score (nSPS) is 12.3. The third-order valence-corrected chi connectivity index (χ3v) is 5.12. The molecule has 0 radical (unpaired) electrons. The number of nitrogens with one attached hydrogen (secondary N) is 1. The second-order valence-corrected chi connectivity index (χ2v) is 7.12. The zero-order valence-corrected chi connectivity index (χ0v) is 16.8. The molecule has 2 N–H and O–H groups in total. The molecule has 0 saturated carbocycles. The van der Waals surface area contributed by atoms with Gasteiger partial charge in [-0.3, -0.25) is 9.49 Å². The Kier molecular flexibility index (Phi) is 6.03. The van der Waals surface area contributed by atoms with Crippen molar-refractivity contribution in [3.05, 3.63) is 107 Å². The van der Waals surface area contributed by atoms with Crippen LogP contribution in [0.1, 0.15) is 28.7 Å². The average Bonchev–Trinajstić information content (AvgIpc) is 3.27. The minimum Gasteiger partial charge on any atom is -0.478 e. The van der Waals surface area contributed by atoms with Crippen molar-refractivity contribution in [3.63, 3.8) is 0 Å². The van der Waals surface area contributed by atoms with Crippen LogP contribution in [0, 0.1) is 0 Å². The molecule has 31 heavy (non-hydrogen) atoms. The number of aromatic nitrogens is 2. The van der Waals surface area contributed by atoms with Gasteiger partial charge >= 0.3 is 5.97 Å². The molecule has 0 bridgehead atoms. The summed E-state index contributed by atoms with van der Waals surface area (Å²) < 4.78 is 13.7. The monoisotopic (exact) mass is 412 g/mol. The van der Waals surface area contributed by atoms with E-state index in [9.17, 15) is 9.18 Å². The molecule has 4 nitrogen and oxygen atoms in total. The standard InChI is InChI=1S/C26H21FN2O2/c27-15-14-23(19-4-2-1-3-5-19)26(21-11-12-24-22(16-21)17-28-29-24)20-9-6-18(7-10-20)8-13-25(30)31/h1-13,16-17H,14-15H2,(H,28,29)(H,30,31)/b13-8+,26-23+. The summed E-state index contributed by atoms with van der Waals surface area (Å²) in [6.45, 7) is -0.471. The molecule has 0 atom stereocenters. The number of hydrogen-bond acceptors (Lipinski definition) is 2. The van der Waals surface area contributed by atoms with Crippen LogP contribution in [-0.2, 0) is 4.79 Å². The molecule has 4 rings (SSSR count). The third kappa shape index (κ3) is 4.61. The van der Waals surface area contributed by atoms with E-state index in [1.165, 1.54) is 0 Å². The molecule has 1 heterocycles. The van der Waals surface area contributed by atoms with E-state index in [1.54, 1.807) is 12.3 Å². The van der Waals surface area contributed by atoms with E-state index in [0.717, 1.165) is 50.4 Å². The Hall–Kier alpha value is -3.99. The van der Waals surface area contributed by atoms with Crippen molar-refractivity contribution in [2.75, 3.05) is 6.67 Å². The summed E-state index contributed by atoms with van der Waals surface area (Å²) >= 11 is 0. The van der Waals surface area contributed by atoms with Crippen LogP contribution in [-0.4, -0.2) is 27.9 Å². The lowest BCUT2D eigenvalue weighted by atomic mass is 9.87. The second-order valence-electron chi connectivity index (χ2n) is 7.12. The Morgan fingerprint density at radius 1 is 0.968 bits per heavy atom. The van der Waals surface area contributed by atoms with Gasteiger partial charge in [0.15, 0.2) is 0 Å². The summed E-state index contributed by atoms with van der Waals surface area (Å²) in [7, 11) is 0. The van der Waals surface area contributed by atoms with Gasteiger partial charge in [-0.1, -0.05) is 60.7 Å². The lowest BCUT2D eigenvalue weighted by Gasteiger charge is -2.17. The van der Waals surface area contributed by atoms with Gasteiger partial charge in [-0.05, 0) is 51.6 Å².